The van der Waals surface area contributed by atoms with E-state index in [0.717, 1.165) is 51.2 Å². The summed E-state index contributed by atoms with van der Waals surface area (Å²) in [7, 11) is 0. The van der Waals surface area contributed by atoms with Gasteiger partial charge in [-0.15, -0.1) is 11.3 Å². The molecule has 1 aliphatic heterocycles. The second-order valence-electron chi connectivity index (χ2n) is 7.44. The lowest BCUT2D eigenvalue weighted by molar-refractivity contribution is -0.145. The zero-order valence-electron chi connectivity index (χ0n) is 15.9. The van der Waals surface area contributed by atoms with E-state index in [9.17, 15) is 9.90 Å². The van der Waals surface area contributed by atoms with Crippen molar-refractivity contribution < 1.29 is 9.90 Å². The summed E-state index contributed by atoms with van der Waals surface area (Å²) in [6.45, 7) is 0.728. The fourth-order valence-corrected chi connectivity index (χ4v) is 5.31. The lowest BCUT2D eigenvalue weighted by atomic mass is 9.98. The number of hydrogen-bond donors (Lipinski definition) is 1. The van der Waals surface area contributed by atoms with E-state index in [1.165, 1.54) is 0 Å². The number of aliphatic carboxylic acids is 1. The van der Waals surface area contributed by atoms with Gasteiger partial charge in [0.15, 0.2) is 0 Å². The minimum Gasteiger partial charge on any atom is -0.480 e. The zero-order valence-corrected chi connectivity index (χ0v) is 16.7. The Kier molecular flexibility index (Phi) is 4.73. The molecule has 0 aliphatic carbocycles. The number of thiazole rings is 1. The van der Waals surface area contributed by atoms with E-state index in [4.69, 9.17) is 9.97 Å². The summed E-state index contributed by atoms with van der Waals surface area (Å²) in [4.78, 5) is 23.9. The molecule has 1 aliphatic rings. The standard InChI is InChI=1S/C23H21N3O2S/c27-23(28)19-10-5-6-14-26(19)21(22-25-17-9-3-4-11-20(17)29-22)18-13-12-15-7-1-2-8-16(15)24-18/h1-4,7-9,11-13,19,21H,5-6,10,14H2,(H,27,28). The molecule has 2 atom stereocenters. The Morgan fingerprint density at radius 1 is 1.00 bits per heavy atom. The minimum atomic E-state index is -0.767. The molecule has 0 spiro atoms. The van der Waals surface area contributed by atoms with Crippen molar-refractivity contribution in [1.29, 1.82) is 0 Å². The third-order valence-corrected chi connectivity index (χ3v) is 6.69. The third-order valence-electron chi connectivity index (χ3n) is 5.61. The van der Waals surface area contributed by atoms with Crippen LogP contribution in [0.1, 0.15) is 36.0 Å². The molecular formula is C23H21N3O2S. The van der Waals surface area contributed by atoms with Crippen LogP contribution >= 0.6 is 11.3 Å². The number of carboxylic acids is 1. The van der Waals surface area contributed by atoms with Gasteiger partial charge in [0, 0.05) is 11.9 Å². The molecule has 2 aromatic carbocycles. The van der Waals surface area contributed by atoms with Crippen LogP contribution in [0.5, 0.6) is 0 Å². The first-order chi connectivity index (χ1) is 14.2. The molecule has 0 saturated carbocycles. The SMILES string of the molecule is O=C(O)C1CCCCN1C(c1ccc2ccccc2n1)c1nc2ccccc2s1. The smallest absolute Gasteiger partial charge is 0.320 e. The average molecular weight is 404 g/mol. The molecule has 4 aromatic rings. The Balaban J connectivity index is 1.67. The molecule has 0 amide bonds. The topological polar surface area (TPSA) is 66.3 Å². The molecule has 3 heterocycles. The molecule has 6 heteroatoms. The van der Waals surface area contributed by atoms with Crippen LogP contribution < -0.4 is 0 Å². The van der Waals surface area contributed by atoms with E-state index in [0.29, 0.717) is 6.42 Å². The predicted molar refractivity (Wildman–Crippen MR) is 115 cm³/mol. The van der Waals surface area contributed by atoms with Crippen molar-refractivity contribution >= 4 is 38.4 Å². The summed E-state index contributed by atoms with van der Waals surface area (Å²) >= 11 is 1.63. The minimum absolute atomic E-state index is 0.265. The highest BCUT2D eigenvalue weighted by Gasteiger charge is 2.37. The monoisotopic (exact) mass is 403 g/mol. The number of carboxylic acid groups (broad SMARTS) is 1. The van der Waals surface area contributed by atoms with Crippen LogP contribution in [0, 0.1) is 0 Å². The maximum atomic E-state index is 12.0. The van der Waals surface area contributed by atoms with Crippen molar-refractivity contribution in [2.45, 2.75) is 31.3 Å². The summed E-state index contributed by atoms with van der Waals surface area (Å²) in [5, 5.41) is 11.9. The van der Waals surface area contributed by atoms with E-state index in [1.807, 2.05) is 48.5 Å². The van der Waals surface area contributed by atoms with Crippen LogP contribution in [0.2, 0.25) is 0 Å². The third kappa shape index (κ3) is 3.39. The quantitative estimate of drug-likeness (QED) is 0.526. The van der Waals surface area contributed by atoms with Crippen molar-refractivity contribution in [3.63, 3.8) is 0 Å². The maximum Gasteiger partial charge on any atom is 0.320 e. The first kappa shape index (κ1) is 18.2. The molecule has 2 unspecified atom stereocenters. The van der Waals surface area contributed by atoms with Gasteiger partial charge in [-0.05, 0) is 37.1 Å². The highest BCUT2D eigenvalue weighted by atomic mass is 32.1. The van der Waals surface area contributed by atoms with Crippen molar-refractivity contribution in [3.05, 3.63) is 71.4 Å². The van der Waals surface area contributed by atoms with Gasteiger partial charge in [-0.1, -0.05) is 42.8 Å². The highest BCUT2D eigenvalue weighted by Crippen LogP contribution is 2.37. The molecule has 1 fully saturated rings. The van der Waals surface area contributed by atoms with E-state index < -0.39 is 12.0 Å². The van der Waals surface area contributed by atoms with Crippen LogP contribution in [-0.4, -0.2) is 38.5 Å². The lowest BCUT2D eigenvalue weighted by Gasteiger charge is -2.38. The van der Waals surface area contributed by atoms with E-state index in [-0.39, 0.29) is 6.04 Å². The Morgan fingerprint density at radius 3 is 2.62 bits per heavy atom. The fraction of sp³-hybridized carbons (Fsp3) is 0.261. The van der Waals surface area contributed by atoms with E-state index in [1.54, 1.807) is 11.3 Å². The Hall–Kier alpha value is -2.83. The summed E-state index contributed by atoms with van der Waals surface area (Å²) in [6.07, 6.45) is 2.58. The van der Waals surface area contributed by atoms with Crippen molar-refractivity contribution in [2.24, 2.45) is 0 Å². The zero-order chi connectivity index (χ0) is 19.8. The van der Waals surface area contributed by atoms with Crippen LogP contribution in [0.4, 0.5) is 0 Å². The number of benzene rings is 2. The molecule has 146 valence electrons. The molecule has 5 rings (SSSR count). The second kappa shape index (κ2) is 7.54. The first-order valence-corrected chi connectivity index (χ1v) is 10.7. The van der Waals surface area contributed by atoms with Gasteiger partial charge in [0.05, 0.1) is 21.4 Å². The molecule has 29 heavy (non-hydrogen) atoms. The van der Waals surface area contributed by atoms with Gasteiger partial charge in [0.25, 0.3) is 0 Å². The van der Waals surface area contributed by atoms with E-state index >= 15 is 0 Å². The van der Waals surface area contributed by atoms with Gasteiger partial charge in [-0.25, -0.2) is 4.98 Å². The van der Waals surface area contributed by atoms with Crippen LogP contribution in [0.15, 0.2) is 60.7 Å². The maximum absolute atomic E-state index is 12.0. The Labute approximate surface area is 172 Å². The van der Waals surface area contributed by atoms with Crippen molar-refractivity contribution in [1.82, 2.24) is 14.9 Å². The number of nitrogens with zero attached hydrogens (tertiary/aromatic N) is 3. The van der Waals surface area contributed by atoms with Crippen LogP contribution in [-0.2, 0) is 4.79 Å². The van der Waals surface area contributed by atoms with Crippen molar-refractivity contribution in [2.75, 3.05) is 6.54 Å². The molecule has 1 saturated heterocycles. The summed E-state index contributed by atoms with van der Waals surface area (Å²) < 4.78 is 1.11. The number of fused-ring (bicyclic) bond motifs is 2. The van der Waals surface area contributed by atoms with Crippen LogP contribution in [0.25, 0.3) is 21.1 Å². The number of pyridine rings is 1. The number of rotatable bonds is 4. The van der Waals surface area contributed by atoms with Crippen LogP contribution in [0.3, 0.4) is 0 Å². The van der Waals surface area contributed by atoms with E-state index in [2.05, 4.69) is 17.0 Å². The predicted octanol–water partition coefficient (Wildman–Crippen LogP) is 4.87. The fourth-order valence-electron chi connectivity index (χ4n) is 4.21. The lowest BCUT2D eigenvalue weighted by Crippen LogP contribution is -2.47. The normalized spacial score (nSPS) is 18.8. The highest BCUT2D eigenvalue weighted by molar-refractivity contribution is 7.18. The molecule has 5 nitrogen and oxygen atoms in total. The first-order valence-electron chi connectivity index (χ1n) is 9.90. The number of para-hydroxylation sites is 2. The number of hydrogen-bond acceptors (Lipinski definition) is 5. The van der Waals surface area contributed by atoms with Crippen molar-refractivity contribution in [3.8, 4) is 0 Å². The Morgan fingerprint density at radius 2 is 1.79 bits per heavy atom. The molecule has 1 N–H and O–H groups in total. The average Bonchev–Trinajstić information content (AvgIpc) is 3.17. The van der Waals surface area contributed by atoms with Gasteiger partial charge < -0.3 is 5.11 Å². The number of piperidine rings is 1. The largest absolute Gasteiger partial charge is 0.480 e. The van der Waals surface area contributed by atoms with Gasteiger partial charge in [0.2, 0.25) is 0 Å². The van der Waals surface area contributed by atoms with Gasteiger partial charge >= 0.3 is 5.97 Å². The summed E-state index contributed by atoms with van der Waals surface area (Å²) in [6, 6.07) is 19.4. The molecular weight excluding hydrogens is 382 g/mol. The number of carbonyl (C=O) groups is 1. The number of likely N-dealkylation sites (tertiary alicyclic amines) is 1. The molecule has 0 radical (unpaired) electrons. The van der Waals surface area contributed by atoms with Gasteiger partial charge in [-0.3, -0.25) is 14.7 Å². The Bertz CT molecular complexity index is 1160. The summed E-state index contributed by atoms with van der Waals surface area (Å²) in [5.41, 5.74) is 2.72. The number of aromatic nitrogens is 2. The summed E-state index contributed by atoms with van der Waals surface area (Å²) in [5.74, 6) is -0.767. The molecule has 0 bridgehead atoms. The second-order valence-corrected chi connectivity index (χ2v) is 8.50. The van der Waals surface area contributed by atoms with Gasteiger partial charge in [-0.2, -0.15) is 0 Å². The molecule has 2 aromatic heterocycles. The van der Waals surface area contributed by atoms with Gasteiger partial charge in [0.1, 0.15) is 17.1 Å².